The fourth-order valence-corrected chi connectivity index (χ4v) is 2.92. The van der Waals surface area contributed by atoms with E-state index >= 15 is 0 Å². The molecular formula is C10H7BrFNS. The van der Waals surface area contributed by atoms with Gasteiger partial charge in [-0.3, -0.25) is 0 Å². The number of nitrogens with zero attached hydrogens (tertiary/aromatic N) is 1. The summed E-state index contributed by atoms with van der Waals surface area (Å²) in [6.45, 7) is 0. The number of hydrogen-bond acceptors (Lipinski definition) is 2. The fraction of sp³-hybridized carbons (Fsp3) is 0.300. The minimum Gasteiger partial charge on any atom is -0.241 e. The Balaban J connectivity index is 2.22. The molecule has 4 heteroatoms. The van der Waals surface area contributed by atoms with Crippen molar-refractivity contribution in [3.63, 3.8) is 0 Å². The van der Waals surface area contributed by atoms with E-state index in [0.717, 1.165) is 15.2 Å². The maximum absolute atomic E-state index is 13.2. The van der Waals surface area contributed by atoms with Crippen LogP contribution in [-0.2, 0) is 0 Å². The van der Waals surface area contributed by atoms with E-state index in [9.17, 15) is 4.39 Å². The molecule has 0 amide bonds. The maximum atomic E-state index is 13.2. The molecule has 1 heterocycles. The summed E-state index contributed by atoms with van der Waals surface area (Å²) in [5, 5.41) is 1.16. The highest BCUT2D eigenvalue weighted by Gasteiger charge is 2.27. The molecule has 0 atom stereocenters. The molecule has 14 heavy (non-hydrogen) atoms. The van der Waals surface area contributed by atoms with Crippen molar-refractivity contribution in [2.45, 2.75) is 18.8 Å². The molecule has 0 unspecified atom stereocenters. The van der Waals surface area contributed by atoms with E-state index in [1.807, 2.05) is 0 Å². The van der Waals surface area contributed by atoms with Crippen LogP contribution in [0.5, 0.6) is 0 Å². The van der Waals surface area contributed by atoms with E-state index in [1.54, 1.807) is 23.5 Å². The minimum atomic E-state index is -0.205. The molecule has 0 aliphatic heterocycles. The van der Waals surface area contributed by atoms with Gasteiger partial charge in [-0.25, -0.2) is 9.37 Å². The normalized spacial score (nSPS) is 16.4. The summed E-state index contributed by atoms with van der Waals surface area (Å²) < 4.78 is 14.7. The van der Waals surface area contributed by atoms with Crippen LogP contribution in [0, 0.1) is 5.82 Å². The van der Waals surface area contributed by atoms with E-state index in [1.165, 1.54) is 12.8 Å². The van der Waals surface area contributed by atoms with Crippen molar-refractivity contribution in [1.29, 1.82) is 0 Å². The predicted octanol–water partition coefficient (Wildman–Crippen LogP) is 4.08. The van der Waals surface area contributed by atoms with Gasteiger partial charge >= 0.3 is 0 Å². The quantitative estimate of drug-likeness (QED) is 0.762. The first kappa shape index (κ1) is 8.80. The standard InChI is InChI=1S/C10H7BrFNS/c11-6-3-8-9(4-7(6)12)14-10(13-8)5-1-2-5/h3-5H,1-2H2. The molecule has 1 aliphatic rings. The topological polar surface area (TPSA) is 12.9 Å². The lowest BCUT2D eigenvalue weighted by Gasteiger charge is -1.91. The van der Waals surface area contributed by atoms with Gasteiger partial charge in [0.2, 0.25) is 0 Å². The summed E-state index contributed by atoms with van der Waals surface area (Å²) in [7, 11) is 0. The van der Waals surface area contributed by atoms with Crippen molar-refractivity contribution in [2.75, 3.05) is 0 Å². The maximum Gasteiger partial charge on any atom is 0.138 e. The zero-order chi connectivity index (χ0) is 9.71. The van der Waals surface area contributed by atoms with E-state index < -0.39 is 0 Å². The number of fused-ring (bicyclic) bond motifs is 1. The molecule has 1 aromatic heterocycles. The Bertz CT molecular complexity index is 465. The number of rotatable bonds is 1. The lowest BCUT2D eigenvalue weighted by Crippen LogP contribution is -1.77. The molecule has 0 radical (unpaired) electrons. The highest BCUT2D eigenvalue weighted by molar-refractivity contribution is 9.10. The van der Waals surface area contributed by atoms with Crippen molar-refractivity contribution in [2.24, 2.45) is 0 Å². The largest absolute Gasteiger partial charge is 0.241 e. The van der Waals surface area contributed by atoms with Gasteiger partial charge in [0.05, 0.1) is 19.7 Å². The van der Waals surface area contributed by atoms with Crippen LogP contribution < -0.4 is 0 Å². The summed E-state index contributed by atoms with van der Waals surface area (Å²) >= 11 is 4.79. The molecular weight excluding hydrogens is 265 g/mol. The van der Waals surface area contributed by atoms with Gasteiger partial charge in [-0.2, -0.15) is 0 Å². The highest BCUT2D eigenvalue weighted by atomic mass is 79.9. The third kappa shape index (κ3) is 1.37. The van der Waals surface area contributed by atoms with Gasteiger partial charge in [0.25, 0.3) is 0 Å². The van der Waals surface area contributed by atoms with Crippen LogP contribution in [0.15, 0.2) is 16.6 Å². The average Bonchev–Trinajstić information content (AvgIpc) is 2.90. The third-order valence-corrected chi connectivity index (χ3v) is 4.16. The van der Waals surface area contributed by atoms with Crippen LogP contribution in [-0.4, -0.2) is 4.98 Å². The highest BCUT2D eigenvalue weighted by Crippen LogP contribution is 2.43. The number of halogens is 2. The van der Waals surface area contributed by atoms with E-state index in [2.05, 4.69) is 20.9 Å². The van der Waals surface area contributed by atoms with Crippen LogP contribution in [0.2, 0.25) is 0 Å². The second-order valence-electron chi connectivity index (χ2n) is 3.56. The Morgan fingerprint density at radius 1 is 1.43 bits per heavy atom. The van der Waals surface area contributed by atoms with Gasteiger partial charge in [-0.1, -0.05) is 0 Å². The molecule has 0 saturated heterocycles. The number of hydrogen-bond donors (Lipinski definition) is 0. The lowest BCUT2D eigenvalue weighted by atomic mass is 10.3. The number of aromatic nitrogens is 1. The molecule has 0 bridgehead atoms. The van der Waals surface area contributed by atoms with Gasteiger partial charge in [0, 0.05) is 5.92 Å². The zero-order valence-corrected chi connectivity index (χ0v) is 9.66. The molecule has 0 N–H and O–H groups in total. The van der Waals surface area contributed by atoms with Gasteiger partial charge in [-0.05, 0) is 40.9 Å². The fourth-order valence-electron chi connectivity index (χ4n) is 1.45. The molecule has 1 aliphatic carbocycles. The Kier molecular flexibility index (Phi) is 1.89. The second kappa shape index (κ2) is 3.00. The summed E-state index contributed by atoms with van der Waals surface area (Å²) in [6, 6.07) is 3.32. The Morgan fingerprint density at radius 3 is 2.93 bits per heavy atom. The van der Waals surface area contributed by atoms with Crippen LogP contribution in [0.4, 0.5) is 4.39 Å². The van der Waals surface area contributed by atoms with Crippen molar-refractivity contribution in [1.82, 2.24) is 4.98 Å². The first-order valence-electron chi connectivity index (χ1n) is 4.49. The Morgan fingerprint density at radius 2 is 2.21 bits per heavy atom. The first-order chi connectivity index (χ1) is 6.74. The smallest absolute Gasteiger partial charge is 0.138 e. The number of benzene rings is 1. The monoisotopic (exact) mass is 271 g/mol. The molecule has 1 aromatic carbocycles. The Hall–Kier alpha value is -0.480. The van der Waals surface area contributed by atoms with Gasteiger partial charge < -0.3 is 0 Å². The molecule has 2 aromatic rings. The van der Waals surface area contributed by atoms with Crippen molar-refractivity contribution >= 4 is 37.5 Å². The molecule has 0 spiro atoms. The molecule has 1 saturated carbocycles. The summed E-state index contributed by atoms with van der Waals surface area (Å²) in [5.41, 5.74) is 0.908. The summed E-state index contributed by atoms with van der Waals surface area (Å²) in [4.78, 5) is 4.50. The molecule has 72 valence electrons. The Labute approximate surface area is 93.1 Å². The number of thiazole rings is 1. The van der Waals surface area contributed by atoms with Crippen LogP contribution in [0.1, 0.15) is 23.8 Å². The van der Waals surface area contributed by atoms with Gasteiger partial charge in [0.15, 0.2) is 0 Å². The van der Waals surface area contributed by atoms with E-state index in [4.69, 9.17) is 0 Å². The summed E-state index contributed by atoms with van der Waals surface area (Å²) in [6.07, 6.45) is 2.48. The molecule has 1 nitrogen and oxygen atoms in total. The zero-order valence-electron chi connectivity index (χ0n) is 7.26. The van der Waals surface area contributed by atoms with Gasteiger partial charge in [-0.15, -0.1) is 11.3 Å². The van der Waals surface area contributed by atoms with Crippen LogP contribution in [0.25, 0.3) is 10.2 Å². The van der Waals surface area contributed by atoms with E-state index in [-0.39, 0.29) is 5.82 Å². The SMILES string of the molecule is Fc1cc2sc(C3CC3)nc2cc1Br. The average molecular weight is 272 g/mol. The molecule has 3 rings (SSSR count). The summed E-state index contributed by atoms with van der Waals surface area (Å²) in [5.74, 6) is 0.442. The van der Waals surface area contributed by atoms with E-state index in [0.29, 0.717) is 10.4 Å². The lowest BCUT2D eigenvalue weighted by molar-refractivity contribution is 0.623. The van der Waals surface area contributed by atoms with Crippen molar-refractivity contribution in [3.8, 4) is 0 Å². The van der Waals surface area contributed by atoms with Crippen LogP contribution >= 0.6 is 27.3 Å². The van der Waals surface area contributed by atoms with Gasteiger partial charge in [0.1, 0.15) is 5.82 Å². The minimum absolute atomic E-state index is 0.205. The first-order valence-corrected chi connectivity index (χ1v) is 6.10. The van der Waals surface area contributed by atoms with Crippen LogP contribution in [0.3, 0.4) is 0 Å². The second-order valence-corrected chi connectivity index (χ2v) is 5.48. The molecule has 1 fully saturated rings. The van der Waals surface area contributed by atoms with Crippen molar-refractivity contribution < 1.29 is 4.39 Å². The van der Waals surface area contributed by atoms with Crippen molar-refractivity contribution in [3.05, 3.63) is 27.4 Å². The predicted molar refractivity (Wildman–Crippen MR) is 59.3 cm³/mol. The third-order valence-electron chi connectivity index (χ3n) is 2.37.